The normalized spacial score (nSPS) is 14.3. The molecule has 0 aliphatic carbocycles. The number of guanidine groups is 1. The molecule has 2 aromatic carbocycles. The average Bonchev–Trinajstić information content (AvgIpc) is 3.31. The van der Waals surface area contributed by atoms with E-state index in [0.29, 0.717) is 6.54 Å². The lowest BCUT2D eigenvalue weighted by atomic mass is 10.1. The molecule has 1 aliphatic heterocycles. The smallest absolute Gasteiger partial charge is 0.194 e. The van der Waals surface area contributed by atoms with Gasteiger partial charge in [-0.2, -0.15) is 5.10 Å². The zero-order chi connectivity index (χ0) is 20.6. The first-order valence-corrected chi connectivity index (χ1v) is 10.6. The first-order chi connectivity index (χ1) is 14.8. The SMILES string of the molecule is CCNC(=NCc1cccc(Cn2cncn2)c1)N1CCN(c2ccccc2)CC1.I. The summed E-state index contributed by atoms with van der Waals surface area (Å²) in [5.41, 5.74) is 3.70. The number of anilines is 1. The zero-order valence-corrected chi connectivity index (χ0v) is 20.2. The van der Waals surface area contributed by atoms with Crippen LogP contribution in [0.2, 0.25) is 0 Å². The maximum Gasteiger partial charge on any atom is 0.194 e. The van der Waals surface area contributed by atoms with E-state index in [2.05, 4.69) is 86.7 Å². The zero-order valence-electron chi connectivity index (χ0n) is 17.9. The van der Waals surface area contributed by atoms with Gasteiger partial charge in [-0.05, 0) is 30.2 Å². The Balaban J connectivity index is 0.00000272. The van der Waals surface area contributed by atoms with Crippen LogP contribution in [0.25, 0.3) is 0 Å². The molecule has 8 heteroatoms. The first kappa shape index (κ1) is 23.1. The molecule has 164 valence electrons. The summed E-state index contributed by atoms with van der Waals surface area (Å²) in [5, 5.41) is 7.65. The summed E-state index contributed by atoms with van der Waals surface area (Å²) in [4.78, 5) is 13.7. The van der Waals surface area contributed by atoms with Gasteiger partial charge in [0.05, 0.1) is 13.1 Å². The molecular weight excluding hydrogens is 501 g/mol. The van der Waals surface area contributed by atoms with Gasteiger partial charge in [0.1, 0.15) is 12.7 Å². The van der Waals surface area contributed by atoms with Crippen molar-refractivity contribution in [2.45, 2.75) is 20.0 Å². The summed E-state index contributed by atoms with van der Waals surface area (Å²) in [6, 6.07) is 19.2. The van der Waals surface area contributed by atoms with Crippen LogP contribution < -0.4 is 10.2 Å². The molecule has 0 spiro atoms. The van der Waals surface area contributed by atoms with Crippen LogP contribution >= 0.6 is 24.0 Å². The Kier molecular flexibility index (Phi) is 8.69. The number of nitrogens with one attached hydrogen (secondary N) is 1. The Morgan fingerprint density at radius 1 is 1.00 bits per heavy atom. The minimum Gasteiger partial charge on any atom is -0.368 e. The highest BCUT2D eigenvalue weighted by atomic mass is 127. The Bertz CT molecular complexity index is 936. The second kappa shape index (κ2) is 11.7. The summed E-state index contributed by atoms with van der Waals surface area (Å²) >= 11 is 0. The Hall–Kier alpha value is -2.62. The topological polar surface area (TPSA) is 61.6 Å². The van der Waals surface area contributed by atoms with Gasteiger partial charge in [-0.3, -0.25) is 0 Å². The van der Waals surface area contributed by atoms with Crippen molar-refractivity contribution in [1.82, 2.24) is 25.0 Å². The van der Waals surface area contributed by atoms with E-state index in [9.17, 15) is 0 Å². The van der Waals surface area contributed by atoms with E-state index < -0.39 is 0 Å². The molecule has 1 saturated heterocycles. The molecule has 0 bridgehead atoms. The average molecular weight is 531 g/mol. The largest absolute Gasteiger partial charge is 0.368 e. The van der Waals surface area contributed by atoms with Crippen molar-refractivity contribution in [3.63, 3.8) is 0 Å². The fourth-order valence-electron chi connectivity index (χ4n) is 3.74. The molecule has 1 aliphatic rings. The highest BCUT2D eigenvalue weighted by Crippen LogP contribution is 2.16. The van der Waals surface area contributed by atoms with Crippen molar-refractivity contribution in [1.29, 1.82) is 0 Å². The molecule has 7 nitrogen and oxygen atoms in total. The van der Waals surface area contributed by atoms with Crippen LogP contribution in [0.4, 0.5) is 5.69 Å². The number of aliphatic imine (C=N–C) groups is 1. The van der Waals surface area contributed by atoms with Gasteiger partial charge in [-0.15, -0.1) is 24.0 Å². The number of halogens is 1. The van der Waals surface area contributed by atoms with Crippen molar-refractivity contribution in [2.75, 3.05) is 37.6 Å². The van der Waals surface area contributed by atoms with Crippen LogP contribution in [0.3, 0.4) is 0 Å². The van der Waals surface area contributed by atoms with Crippen molar-refractivity contribution in [2.24, 2.45) is 4.99 Å². The van der Waals surface area contributed by atoms with Crippen LogP contribution in [-0.4, -0.2) is 58.3 Å². The highest BCUT2D eigenvalue weighted by molar-refractivity contribution is 14.0. The standard InChI is InChI=1S/C23H29N7.HI/c1-2-25-23(29-13-11-28(12-14-29)22-9-4-3-5-10-22)26-16-20-7-6-8-21(15-20)17-30-19-24-18-27-30;/h3-10,15,18-19H,2,11-14,16-17H2,1H3,(H,25,26);1H. The van der Waals surface area contributed by atoms with Crippen molar-refractivity contribution < 1.29 is 0 Å². The Morgan fingerprint density at radius 3 is 2.48 bits per heavy atom. The number of rotatable bonds is 6. The van der Waals surface area contributed by atoms with Gasteiger partial charge in [-0.25, -0.2) is 14.7 Å². The third-order valence-electron chi connectivity index (χ3n) is 5.25. The lowest BCUT2D eigenvalue weighted by molar-refractivity contribution is 0.372. The van der Waals surface area contributed by atoms with Crippen LogP contribution in [0, 0.1) is 0 Å². The van der Waals surface area contributed by atoms with Crippen LogP contribution in [-0.2, 0) is 13.1 Å². The van der Waals surface area contributed by atoms with E-state index in [1.54, 1.807) is 12.7 Å². The van der Waals surface area contributed by atoms with Gasteiger partial charge >= 0.3 is 0 Å². The number of nitrogens with zero attached hydrogens (tertiary/aromatic N) is 6. The van der Waals surface area contributed by atoms with Gasteiger partial charge < -0.3 is 15.1 Å². The molecule has 3 aromatic rings. The molecule has 0 radical (unpaired) electrons. The molecule has 0 amide bonds. The minimum atomic E-state index is 0. The van der Waals surface area contributed by atoms with E-state index >= 15 is 0 Å². The van der Waals surface area contributed by atoms with E-state index in [0.717, 1.165) is 45.2 Å². The monoisotopic (exact) mass is 531 g/mol. The second-order valence-electron chi connectivity index (χ2n) is 7.39. The summed E-state index contributed by atoms with van der Waals surface area (Å²) < 4.78 is 1.83. The lowest BCUT2D eigenvalue weighted by Crippen LogP contribution is -2.52. The molecule has 0 atom stereocenters. The fraction of sp³-hybridized carbons (Fsp3) is 0.348. The van der Waals surface area contributed by atoms with Gasteiger partial charge in [0, 0.05) is 38.4 Å². The van der Waals surface area contributed by atoms with Crippen molar-refractivity contribution in [3.05, 3.63) is 78.4 Å². The Labute approximate surface area is 201 Å². The molecule has 4 rings (SSSR count). The number of hydrogen-bond donors (Lipinski definition) is 1. The lowest BCUT2D eigenvalue weighted by Gasteiger charge is -2.37. The van der Waals surface area contributed by atoms with Crippen molar-refractivity contribution in [3.8, 4) is 0 Å². The van der Waals surface area contributed by atoms with E-state index in [1.165, 1.54) is 16.8 Å². The molecule has 1 aromatic heterocycles. The highest BCUT2D eigenvalue weighted by Gasteiger charge is 2.19. The van der Waals surface area contributed by atoms with E-state index in [-0.39, 0.29) is 24.0 Å². The van der Waals surface area contributed by atoms with Crippen LogP contribution in [0.5, 0.6) is 0 Å². The molecule has 2 heterocycles. The number of para-hydroxylation sites is 1. The molecule has 1 fully saturated rings. The predicted octanol–water partition coefficient (Wildman–Crippen LogP) is 3.23. The van der Waals surface area contributed by atoms with Crippen LogP contribution in [0.15, 0.2) is 72.2 Å². The van der Waals surface area contributed by atoms with E-state index in [4.69, 9.17) is 4.99 Å². The number of hydrogen-bond acceptors (Lipinski definition) is 4. The number of aromatic nitrogens is 3. The molecular formula is C23H30IN7. The van der Waals surface area contributed by atoms with Gasteiger partial charge in [-0.1, -0.05) is 42.5 Å². The number of piperazine rings is 1. The second-order valence-corrected chi connectivity index (χ2v) is 7.39. The summed E-state index contributed by atoms with van der Waals surface area (Å²) in [7, 11) is 0. The van der Waals surface area contributed by atoms with Gasteiger partial charge in [0.15, 0.2) is 5.96 Å². The fourth-order valence-corrected chi connectivity index (χ4v) is 3.74. The minimum absolute atomic E-state index is 0. The third kappa shape index (κ3) is 6.43. The maximum atomic E-state index is 4.92. The first-order valence-electron chi connectivity index (χ1n) is 10.6. The third-order valence-corrected chi connectivity index (χ3v) is 5.25. The summed E-state index contributed by atoms with van der Waals surface area (Å²) in [6.07, 6.45) is 3.30. The van der Waals surface area contributed by atoms with Crippen LogP contribution in [0.1, 0.15) is 18.1 Å². The summed E-state index contributed by atoms with van der Waals surface area (Å²) in [5.74, 6) is 0.992. The maximum absolute atomic E-state index is 4.92. The van der Waals surface area contributed by atoms with Crippen molar-refractivity contribution >= 4 is 35.6 Å². The molecule has 1 N–H and O–H groups in total. The van der Waals surface area contributed by atoms with Gasteiger partial charge in [0.2, 0.25) is 0 Å². The molecule has 0 saturated carbocycles. The Morgan fingerprint density at radius 2 is 1.77 bits per heavy atom. The van der Waals surface area contributed by atoms with Gasteiger partial charge in [0.25, 0.3) is 0 Å². The quantitative estimate of drug-likeness (QED) is 0.301. The summed E-state index contributed by atoms with van der Waals surface area (Å²) in [6.45, 7) is 8.30. The van der Waals surface area contributed by atoms with E-state index in [1.807, 2.05) is 4.68 Å². The molecule has 0 unspecified atom stereocenters. The molecule has 31 heavy (non-hydrogen) atoms. The predicted molar refractivity (Wildman–Crippen MR) is 136 cm³/mol. The number of benzene rings is 2.